The van der Waals surface area contributed by atoms with Gasteiger partial charge in [-0.2, -0.15) is 4.68 Å². The van der Waals surface area contributed by atoms with E-state index in [1.807, 2.05) is 18.2 Å². The molecule has 3 rings (SSSR count). The van der Waals surface area contributed by atoms with Crippen molar-refractivity contribution in [3.8, 4) is 22.9 Å². The molecule has 9 heteroatoms. The number of aromatic nitrogens is 4. The first kappa shape index (κ1) is 18.2. The number of nitrogens with one attached hydrogen (secondary N) is 1. The normalized spacial score (nSPS) is 10.3. The molecule has 2 aromatic carbocycles. The summed E-state index contributed by atoms with van der Waals surface area (Å²) in [5.41, 5.74) is 0.760. The lowest BCUT2D eigenvalue weighted by atomic mass is 10.3. The number of tetrazole rings is 1. The smallest absolute Gasteiger partial charge is 0.258 e. The lowest BCUT2D eigenvalue weighted by Gasteiger charge is -2.10. The molecule has 0 atom stereocenters. The number of para-hydroxylation sites is 2. The van der Waals surface area contributed by atoms with E-state index >= 15 is 0 Å². The fraction of sp³-hybridized carbons (Fsp3) is 0.222. The van der Waals surface area contributed by atoms with Gasteiger partial charge in [0, 0.05) is 0 Å². The second-order valence-corrected chi connectivity index (χ2v) is 5.42. The molecule has 0 saturated heterocycles. The van der Waals surface area contributed by atoms with E-state index in [1.54, 1.807) is 49.2 Å². The van der Waals surface area contributed by atoms with Gasteiger partial charge in [-0.25, -0.2) is 0 Å². The lowest BCUT2D eigenvalue weighted by Crippen LogP contribution is -2.29. The SMILES string of the molecule is COc1ccc(-n2nnnc2CNC(=O)COc2ccccc2OC)cc1. The first-order valence-corrected chi connectivity index (χ1v) is 8.15. The second kappa shape index (κ2) is 8.65. The van der Waals surface area contributed by atoms with Crippen molar-refractivity contribution < 1.29 is 19.0 Å². The van der Waals surface area contributed by atoms with E-state index in [2.05, 4.69) is 20.8 Å². The molecule has 0 saturated carbocycles. The number of nitrogens with zero attached hydrogens (tertiary/aromatic N) is 4. The summed E-state index contributed by atoms with van der Waals surface area (Å²) in [7, 11) is 3.14. The Kier molecular flexibility index (Phi) is 5.83. The Labute approximate surface area is 155 Å². The Bertz CT molecular complexity index is 895. The fourth-order valence-corrected chi connectivity index (χ4v) is 2.35. The van der Waals surface area contributed by atoms with Crippen molar-refractivity contribution in [2.75, 3.05) is 20.8 Å². The maximum Gasteiger partial charge on any atom is 0.258 e. The van der Waals surface area contributed by atoms with E-state index in [9.17, 15) is 4.79 Å². The minimum Gasteiger partial charge on any atom is -0.497 e. The number of ether oxygens (including phenoxy) is 3. The van der Waals surface area contributed by atoms with Gasteiger partial charge in [-0.1, -0.05) is 12.1 Å². The zero-order chi connectivity index (χ0) is 19.1. The molecule has 0 unspecified atom stereocenters. The minimum absolute atomic E-state index is 0.148. The maximum absolute atomic E-state index is 12.1. The van der Waals surface area contributed by atoms with Crippen molar-refractivity contribution in [1.29, 1.82) is 0 Å². The van der Waals surface area contributed by atoms with Crippen LogP contribution >= 0.6 is 0 Å². The number of hydrogen-bond donors (Lipinski definition) is 1. The monoisotopic (exact) mass is 369 g/mol. The average molecular weight is 369 g/mol. The van der Waals surface area contributed by atoms with Gasteiger partial charge in [-0.05, 0) is 46.8 Å². The van der Waals surface area contributed by atoms with Gasteiger partial charge in [0.1, 0.15) is 5.75 Å². The van der Waals surface area contributed by atoms with Gasteiger partial charge >= 0.3 is 0 Å². The van der Waals surface area contributed by atoms with Crippen molar-refractivity contribution in [2.45, 2.75) is 6.54 Å². The predicted molar refractivity (Wildman–Crippen MR) is 96.0 cm³/mol. The molecule has 1 amide bonds. The standard InChI is InChI=1S/C18H19N5O4/c1-25-14-9-7-13(8-10-14)23-17(20-21-22-23)11-19-18(24)12-27-16-6-4-3-5-15(16)26-2/h3-10H,11-12H2,1-2H3,(H,19,24). The molecule has 0 bridgehead atoms. The summed E-state index contributed by atoms with van der Waals surface area (Å²) in [5, 5.41) is 14.3. The Morgan fingerprint density at radius 1 is 1.04 bits per heavy atom. The van der Waals surface area contributed by atoms with E-state index in [1.165, 1.54) is 0 Å². The van der Waals surface area contributed by atoms with Gasteiger partial charge in [0.2, 0.25) is 0 Å². The van der Waals surface area contributed by atoms with Crippen molar-refractivity contribution in [1.82, 2.24) is 25.5 Å². The summed E-state index contributed by atoms with van der Waals surface area (Å²) in [6.07, 6.45) is 0. The van der Waals surface area contributed by atoms with Crippen LogP contribution in [0.2, 0.25) is 0 Å². The summed E-state index contributed by atoms with van der Waals surface area (Å²) in [6.45, 7) is 0.0115. The summed E-state index contributed by atoms with van der Waals surface area (Å²) in [4.78, 5) is 12.1. The molecule has 0 aliphatic heterocycles. The number of carbonyl (C=O) groups excluding carboxylic acids is 1. The molecule has 140 valence electrons. The molecule has 27 heavy (non-hydrogen) atoms. The van der Waals surface area contributed by atoms with E-state index < -0.39 is 0 Å². The third kappa shape index (κ3) is 4.51. The molecule has 0 aliphatic rings. The third-order valence-electron chi connectivity index (χ3n) is 3.72. The van der Waals surface area contributed by atoms with Crippen LogP contribution in [-0.2, 0) is 11.3 Å². The predicted octanol–water partition coefficient (Wildman–Crippen LogP) is 1.37. The highest BCUT2D eigenvalue weighted by Crippen LogP contribution is 2.25. The Hall–Kier alpha value is -3.62. The fourth-order valence-electron chi connectivity index (χ4n) is 2.35. The zero-order valence-electron chi connectivity index (χ0n) is 15.0. The lowest BCUT2D eigenvalue weighted by molar-refractivity contribution is -0.123. The number of carbonyl (C=O) groups is 1. The zero-order valence-corrected chi connectivity index (χ0v) is 15.0. The number of methoxy groups -OCH3 is 2. The van der Waals surface area contributed by atoms with Gasteiger partial charge in [0.15, 0.2) is 23.9 Å². The van der Waals surface area contributed by atoms with Crippen LogP contribution in [0, 0.1) is 0 Å². The molecule has 0 radical (unpaired) electrons. The van der Waals surface area contributed by atoms with E-state index in [-0.39, 0.29) is 19.1 Å². The molecule has 9 nitrogen and oxygen atoms in total. The number of hydrogen-bond acceptors (Lipinski definition) is 7. The molecule has 1 N–H and O–H groups in total. The van der Waals surface area contributed by atoms with Crippen molar-refractivity contribution in [3.05, 3.63) is 54.4 Å². The van der Waals surface area contributed by atoms with Crippen molar-refractivity contribution in [2.24, 2.45) is 0 Å². The van der Waals surface area contributed by atoms with Crippen LogP contribution in [0.3, 0.4) is 0 Å². The number of benzene rings is 2. The van der Waals surface area contributed by atoms with Gasteiger partial charge in [-0.3, -0.25) is 4.79 Å². The highest BCUT2D eigenvalue weighted by Gasteiger charge is 2.11. The molecule has 3 aromatic rings. The minimum atomic E-state index is -0.301. The molecular formula is C18H19N5O4. The van der Waals surface area contributed by atoms with Crippen LogP contribution in [0.15, 0.2) is 48.5 Å². The van der Waals surface area contributed by atoms with Gasteiger partial charge in [-0.15, -0.1) is 5.10 Å². The van der Waals surface area contributed by atoms with E-state index in [4.69, 9.17) is 14.2 Å². The molecule has 1 heterocycles. The number of rotatable bonds is 8. The molecule has 1 aromatic heterocycles. The first-order chi connectivity index (χ1) is 13.2. The van der Waals surface area contributed by atoms with Crippen LogP contribution in [0.1, 0.15) is 5.82 Å². The summed E-state index contributed by atoms with van der Waals surface area (Å²) in [6, 6.07) is 14.4. The van der Waals surface area contributed by atoms with Crippen LogP contribution in [0.25, 0.3) is 5.69 Å². The molecule has 0 spiro atoms. The Balaban J connectivity index is 1.57. The summed E-state index contributed by atoms with van der Waals surface area (Å²) >= 11 is 0. The summed E-state index contributed by atoms with van der Waals surface area (Å²) in [5.74, 6) is 1.98. The van der Waals surface area contributed by atoms with Crippen LogP contribution in [0.4, 0.5) is 0 Å². The van der Waals surface area contributed by atoms with Gasteiger partial charge in [0.05, 0.1) is 26.5 Å². The average Bonchev–Trinajstić information content (AvgIpc) is 3.19. The van der Waals surface area contributed by atoms with Gasteiger partial charge < -0.3 is 19.5 Å². The highest BCUT2D eigenvalue weighted by atomic mass is 16.5. The van der Waals surface area contributed by atoms with Crippen molar-refractivity contribution >= 4 is 5.91 Å². The quantitative estimate of drug-likeness (QED) is 0.640. The largest absolute Gasteiger partial charge is 0.497 e. The van der Waals surface area contributed by atoms with Crippen LogP contribution < -0.4 is 19.5 Å². The number of amides is 1. The molecular weight excluding hydrogens is 350 g/mol. The topological polar surface area (TPSA) is 100 Å². The summed E-state index contributed by atoms with van der Waals surface area (Å²) < 4.78 is 17.4. The third-order valence-corrected chi connectivity index (χ3v) is 3.72. The molecule has 0 fully saturated rings. The van der Waals surface area contributed by atoms with Crippen molar-refractivity contribution in [3.63, 3.8) is 0 Å². The van der Waals surface area contributed by atoms with Crippen LogP contribution in [0.5, 0.6) is 17.2 Å². The van der Waals surface area contributed by atoms with Crippen LogP contribution in [-0.4, -0.2) is 46.9 Å². The first-order valence-electron chi connectivity index (χ1n) is 8.15. The van der Waals surface area contributed by atoms with E-state index in [0.717, 1.165) is 11.4 Å². The Morgan fingerprint density at radius 2 is 1.78 bits per heavy atom. The maximum atomic E-state index is 12.1. The second-order valence-electron chi connectivity index (χ2n) is 5.42. The van der Waals surface area contributed by atoms with E-state index in [0.29, 0.717) is 17.3 Å². The Morgan fingerprint density at radius 3 is 2.48 bits per heavy atom. The van der Waals surface area contributed by atoms with Gasteiger partial charge in [0.25, 0.3) is 5.91 Å². The molecule has 0 aliphatic carbocycles. The highest BCUT2D eigenvalue weighted by molar-refractivity contribution is 5.77.